The highest BCUT2D eigenvalue weighted by molar-refractivity contribution is 7.92. The van der Waals surface area contributed by atoms with E-state index in [1.54, 1.807) is 36.4 Å². The molecule has 0 saturated heterocycles. The molecule has 0 amide bonds. The Morgan fingerprint density at radius 1 is 1.10 bits per heavy atom. The number of hydrogen-bond acceptors (Lipinski definition) is 8. The molecule has 31 heavy (non-hydrogen) atoms. The third-order valence-corrected chi connectivity index (χ3v) is 4.83. The van der Waals surface area contributed by atoms with Crippen LogP contribution in [0.1, 0.15) is 11.1 Å². The van der Waals surface area contributed by atoms with Crippen molar-refractivity contribution in [3.63, 3.8) is 0 Å². The monoisotopic (exact) mass is 434 g/mol. The van der Waals surface area contributed by atoms with Crippen molar-refractivity contribution in [1.82, 2.24) is 19.9 Å². The molecule has 0 bridgehead atoms. The molecule has 4 N–H and O–H groups in total. The summed E-state index contributed by atoms with van der Waals surface area (Å²) in [6, 6.07) is 16.2. The lowest BCUT2D eigenvalue weighted by atomic mass is 10.1. The molecule has 4 aromatic rings. The number of fused-ring (bicyclic) bond motifs is 1. The summed E-state index contributed by atoms with van der Waals surface area (Å²) >= 11 is 0. The van der Waals surface area contributed by atoms with Gasteiger partial charge in [-0.25, -0.2) is 13.4 Å². The highest BCUT2D eigenvalue weighted by atomic mass is 32.2. The lowest BCUT2D eigenvalue weighted by molar-refractivity contribution is 0.607. The van der Waals surface area contributed by atoms with Crippen molar-refractivity contribution in [3.05, 3.63) is 66.0 Å². The molecule has 2 heterocycles. The number of aromatic nitrogens is 4. The van der Waals surface area contributed by atoms with Crippen molar-refractivity contribution >= 4 is 44.3 Å². The standard InChI is InChI=1S/C20H18N8O2S/c1-31(29,30)28-16-7-3-6-15(9-16)25-20-26-18(17-19(27-20)24-12-23-17)22-11-14-5-2-4-13(8-14)10-21/h2-9,12,28H,11H2,1H3,(H3,22,23,24,25,26,27). The molecule has 156 valence electrons. The molecule has 0 saturated carbocycles. The van der Waals surface area contributed by atoms with Gasteiger partial charge in [-0.1, -0.05) is 18.2 Å². The molecule has 0 unspecified atom stereocenters. The second-order valence-corrected chi connectivity index (χ2v) is 8.49. The number of H-pyrrole nitrogens is 1. The van der Waals surface area contributed by atoms with Gasteiger partial charge in [0.1, 0.15) is 5.52 Å². The number of benzene rings is 2. The first-order valence-corrected chi connectivity index (χ1v) is 11.1. The van der Waals surface area contributed by atoms with Gasteiger partial charge in [-0.2, -0.15) is 15.2 Å². The molecular weight excluding hydrogens is 416 g/mol. The largest absolute Gasteiger partial charge is 0.364 e. The first-order chi connectivity index (χ1) is 14.9. The van der Waals surface area contributed by atoms with Crippen LogP contribution in [0.2, 0.25) is 0 Å². The van der Waals surface area contributed by atoms with E-state index in [0.717, 1.165) is 11.8 Å². The fourth-order valence-corrected chi connectivity index (χ4v) is 3.51. The molecule has 0 fully saturated rings. The molecule has 0 radical (unpaired) electrons. The molecule has 4 rings (SSSR count). The number of imidazole rings is 1. The number of sulfonamides is 1. The van der Waals surface area contributed by atoms with E-state index in [9.17, 15) is 8.42 Å². The summed E-state index contributed by atoms with van der Waals surface area (Å²) < 4.78 is 25.4. The predicted octanol–water partition coefficient (Wildman–Crippen LogP) is 2.95. The van der Waals surface area contributed by atoms with Gasteiger partial charge in [-0.05, 0) is 35.9 Å². The third kappa shape index (κ3) is 5.06. The zero-order chi connectivity index (χ0) is 21.8. The van der Waals surface area contributed by atoms with Crippen molar-refractivity contribution in [2.24, 2.45) is 0 Å². The maximum atomic E-state index is 11.5. The number of anilines is 4. The second kappa shape index (κ2) is 8.29. The summed E-state index contributed by atoms with van der Waals surface area (Å²) in [5.74, 6) is 0.835. The van der Waals surface area contributed by atoms with Crippen LogP contribution >= 0.6 is 0 Å². The van der Waals surface area contributed by atoms with Gasteiger partial charge < -0.3 is 15.6 Å². The summed E-state index contributed by atoms with van der Waals surface area (Å²) in [7, 11) is -3.39. The van der Waals surface area contributed by atoms with Crippen LogP contribution in [-0.4, -0.2) is 34.6 Å². The molecule has 11 heteroatoms. The van der Waals surface area contributed by atoms with Gasteiger partial charge in [0, 0.05) is 12.2 Å². The predicted molar refractivity (Wildman–Crippen MR) is 118 cm³/mol. The minimum Gasteiger partial charge on any atom is -0.364 e. The topological polar surface area (TPSA) is 148 Å². The van der Waals surface area contributed by atoms with Gasteiger partial charge in [0.15, 0.2) is 11.5 Å². The zero-order valence-electron chi connectivity index (χ0n) is 16.4. The van der Waals surface area contributed by atoms with E-state index in [1.807, 2.05) is 12.1 Å². The average molecular weight is 434 g/mol. The normalized spacial score (nSPS) is 11.1. The number of nitrogens with one attached hydrogen (secondary N) is 4. The van der Waals surface area contributed by atoms with Crippen LogP contribution in [0.15, 0.2) is 54.9 Å². The first-order valence-electron chi connectivity index (χ1n) is 9.18. The van der Waals surface area contributed by atoms with E-state index in [1.165, 1.54) is 6.33 Å². The zero-order valence-corrected chi connectivity index (χ0v) is 17.2. The van der Waals surface area contributed by atoms with Crippen molar-refractivity contribution < 1.29 is 8.42 Å². The van der Waals surface area contributed by atoms with E-state index in [4.69, 9.17) is 5.26 Å². The van der Waals surface area contributed by atoms with Gasteiger partial charge in [0.25, 0.3) is 0 Å². The molecule has 10 nitrogen and oxygen atoms in total. The van der Waals surface area contributed by atoms with Crippen LogP contribution in [0.3, 0.4) is 0 Å². The van der Waals surface area contributed by atoms with Gasteiger partial charge >= 0.3 is 0 Å². The number of nitrogens with zero attached hydrogens (tertiary/aromatic N) is 4. The summed E-state index contributed by atoms with van der Waals surface area (Å²) in [5.41, 5.74) is 3.66. The van der Waals surface area contributed by atoms with Crippen LogP contribution in [0, 0.1) is 11.3 Å². The van der Waals surface area contributed by atoms with Gasteiger partial charge in [0.05, 0.1) is 29.9 Å². The number of rotatable bonds is 7. The fourth-order valence-electron chi connectivity index (χ4n) is 2.96. The molecule has 2 aromatic carbocycles. The Morgan fingerprint density at radius 2 is 1.90 bits per heavy atom. The fraction of sp³-hybridized carbons (Fsp3) is 0.100. The van der Waals surface area contributed by atoms with E-state index in [2.05, 4.69) is 41.4 Å². The molecular formula is C20H18N8O2S. The summed E-state index contributed by atoms with van der Waals surface area (Å²) in [6.07, 6.45) is 2.62. The summed E-state index contributed by atoms with van der Waals surface area (Å²) in [4.78, 5) is 16.1. The Morgan fingerprint density at radius 3 is 2.71 bits per heavy atom. The van der Waals surface area contributed by atoms with Gasteiger partial charge in [-0.3, -0.25) is 4.72 Å². The molecule has 0 aliphatic rings. The number of hydrogen-bond donors (Lipinski definition) is 4. The van der Waals surface area contributed by atoms with Crippen LogP contribution in [0.5, 0.6) is 0 Å². The molecule has 0 aliphatic carbocycles. The Bertz CT molecular complexity index is 1390. The number of aromatic amines is 1. The molecule has 0 atom stereocenters. The lowest BCUT2D eigenvalue weighted by Crippen LogP contribution is -2.09. The smallest absolute Gasteiger partial charge is 0.231 e. The van der Waals surface area contributed by atoms with Crippen molar-refractivity contribution in [3.8, 4) is 6.07 Å². The first kappa shape index (κ1) is 20.1. The quantitative estimate of drug-likeness (QED) is 0.347. The molecule has 0 aliphatic heterocycles. The Labute approximate surface area is 178 Å². The van der Waals surface area contributed by atoms with Crippen molar-refractivity contribution in [1.29, 1.82) is 5.26 Å². The van der Waals surface area contributed by atoms with Crippen molar-refractivity contribution in [2.75, 3.05) is 21.6 Å². The van der Waals surface area contributed by atoms with E-state index in [0.29, 0.717) is 46.4 Å². The highest BCUT2D eigenvalue weighted by Gasteiger charge is 2.11. The average Bonchev–Trinajstić information content (AvgIpc) is 3.20. The van der Waals surface area contributed by atoms with Gasteiger partial charge in [0.2, 0.25) is 16.0 Å². The highest BCUT2D eigenvalue weighted by Crippen LogP contribution is 2.23. The minimum atomic E-state index is -3.39. The van der Waals surface area contributed by atoms with E-state index in [-0.39, 0.29) is 0 Å². The SMILES string of the molecule is CS(=O)(=O)Nc1cccc(Nc2nc(NCc3cccc(C#N)c3)c3[nH]cnc3n2)c1. The molecule has 0 spiro atoms. The van der Waals surface area contributed by atoms with Crippen molar-refractivity contribution in [2.45, 2.75) is 6.54 Å². The third-order valence-electron chi connectivity index (χ3n) is 4.22. The lowest BCUT2D eigenvalue weighted by Gasteiger charge is -2.11. The maximum Gasteiger partial charge on any atom is 0.231 e. The van der Waals surface area contributed by atoms with Gasteiger partial charge in [-0.15, -0.1) is 0 Å². The minimum absolute atomic E-state index is 0.296. The summed E-state index contributed by atoms with van der Waals surface area (Å²) in [6.45, 7) is 0.452. The number of nitriles is 1. The Hall–Kier alpha value is -4.17. The van der Waals surface area contributed by atoms with Crippen LogP contribution in [0.4, 0.5) is 23.1 Å². The van der Waals surface area contributed by atoms with E-state index < -0.39 is 10.0 Å². The van der Waals surface area contributed by atoms with Crippen LogP contribution in [-0.2, 0) is 16.6 Å². The second-order valence-electron chi connectivity index (χ2n) is 6.74. The van der Waals surface area contributed by atoms with Crippen LogP contribution < -0.4 is 15.4 Å². The van der Waals surface area contributed by atoms with Crippen LogP contribution in [0.25, 0.3) is 11.2 Å². The Kier molecular flexibility index (Phi) is 5.38. The maximum absolute atomic E-state index is 11.5. The Balaban J connectivity index is 1.58. The molecule has 2 aromatic heterocycles. The van der Waals surface area contributed by atoms with E-state index >= 15 is 0 Å². The summed E-state index contributed by atoms with van der Waals surface area (Å²) in [5, 5.41) is 15.4.